The molecule has 0 aliphatic heterocycles. The lowest BCUT2D eigenvalue weighted by Crippen LogP contribution is -2.40. The van der Waals surface area contributed by atoms with Crippen LogP contribution in [0.5, 0.6) is 0 Å². The maximum absolute atomic E-state index is 12.4. The third-order valence-corrected chi connectivity index (χ3v) is 4.06. The van der Waals surface area contributed by atoms with Crippen LogP contribution >= 0.6 is 0 Å². The summed E-state index contributed by atoms with van der Waals surface area (Å²) in [6.45, 7) is 4.08. The van der Waals surface area contributed by atoms with E-state index in [9.17, 15) is 9.59 Å². The Kier molecular flexibility index (Phi) is 6.37. The first-order valence-electron chi connectivity index (χ1n) is 7.38. The van der Waals surface area contributed by atoms with Crippen LogP contribution in [-0.2, 0) is 14.3 Å². The van der Waals surface area contributed by atoms with Crippen LogP contribution in [0, 0.1) is 5.41 Å². The molecule has 0 heterocycles. The van der Waals surface area contributed by atoms with Gasteiger partial charge < -0.3 is 4.74 Å². The van der Waals surface area contributed by atoms with Gasteiger partial charge >= 0.3 is 5.97 Å². The molecule has 0 aromatic carbocycles. The van der Waals surface area contributed by atoms with Crippen molar-refractivity contribution in [3.8, 4) is 0 Å². The molecule has 1 atom stereocenters. The highest BCUT2D eigenvalue weighted by molar-refractivity contribution is 6.03. The molecular weight excluding hydrogens is 228 g/mol. The van der Waals surface area contributed by atoms with Crippen LogP contribution in [0.25, 0.3) is 0 Å². The first kappa shape index (κ1) is 15.2. The highest BCUT2D eigenvalue weighted by Gasteiger charge is 2.44. The summed E-state index contributed by atoms with van der Waals surface area (Å²) in [6.07, 6.45) is 8.31. The van der Waals surface area contributed by atoms with E-state index in [1.165, 1.54) is 12.8 Å². The predicted molar refractivity (Wildman–Crippen MR) is 71.3 cm³/mol. The molecule has 1 unspecified atom stereocenters. The fourth-order valence-electron chi connectivity index (χ4n) is 2.80. The van der Waals surface area contributed by atoms with Gasteiger partial charge in [0, 0.05) is 6.42 Å². The highest BCUT2D eigenvalue weighted by Crippen LogP contribution is 2.35. The van der Waals surface area contributed by atoms with Crippen LogP contribution in [0.4, 0.5) is 0 Å². The van der Waals surface area contributed by atoms with Gasteiger partial charge in [0.1, 0.15) is 11.2 Å². The first-order valence-corrected chi connectivity index (χ1v) is 7.38. The average Bonchev–Trinajstić information content (AvgIpc) is 2.37. The molecule has 0 bridgehead atoms. The molecule has 1 fully saturated rings. The number of Topliss-reactive ketones (excluding diaryl/α,β-unsaturated/α-hetero) is 1. The Labute approximate surface area is 110 Å². The number of hydrogen-bond acceptors (Lipinski definition) is 3. The smallest absolute Gasteiger partial charge is 0.319 e. The zero-order valence-corrected chi connectivity index (χ0v) is 11.8. The average molecular weight is 254 g/mol. The summed E-state index contributed by atoms with van der Waals surface area (Å²) in [5.74, 6) is -0.191. The largest absolute Gasteiger partial charge is 0.465 e. The van der Waals surface area contributed by atoms with Crippen LogP contribution in [0.1, 0.15) is 71.6 Å². The van der Waals surface area contributed by atoms with E-state index in [-0.39, 0.29) is 11.8 Å². The molecule has 3 heteroatoms. The summed E-state index contributed by atoms with van der Waals surface area (Å²) in [5.41, 5.74) is -0.854. The molecule has 1 saturated carbocycles. The predicted octanol–water partition coefficient (Wildman–Crippen LogP) is 3.65. The maximum atomic E-state index is 12.4. The minimum Gasteiger partial charge on any atom is -0.465 e. The lowest BCUT2D eigenvalue weighted by Gasteiger charge is -2.29. The number of hydrogen-bond donors (Lipinski definition) is 0. The molecule has 18 heavy (non-hydrogen) atoms. The molecule has 3 nitrogen and oxygen atoms in total. The van der Waals surface area contributed by atoms with Gasteiger partial charge in [-0.15, -0.1) is 0 Å². The van der Waals surface area contributed by atoms with Crippen molar-refractivity contribution in [2.24, 2.45) is 5.41 Å². The summed E-state index contributed by atoms with van der Waals surface area (Å²) >= 11 is 0. The van der Waals surface area contributed by atoms with Crippen LogP contribution in [0.15, 0.2) is 0 Å². The molecule has 0 spiro atoms. The van der Waals surface area contributed by atoms with Crippen molar-refractivity contribution in [3.05, 3.63) is 0 Å². The van der Waals surface area contributed by atoms with Gasteiger partial charge in [0.15, 0.2) is 0 Å². The quantitative estimate of drug-likeness (QED) is 0.570. The zero-order valence-electron chi connectivity index (χ0n) is 11.8. The molecule has 0 amide bonds. The zero-order chi connectivity index (χ0) is 13.4. The van der Waals surface area contributed by atoms with Crippen LogP contribution in [-0.4, -0.2) is 18.4 Å². The minimum absolute atomic E-state index is 0.102. The van der Waals surface area contributed by atoms with Gasteiger partial charge in [-0.25, -0.2) is 0 Å². The molecule has 0 aromatic heterocycles. The SMILES string of the molecule is CCOC(=O)C1(CC)CCCCCCCCC1=O. The Hall–Kier alpha value is -0.860. The maximum Gasteiger partial charge on any atom is 0.319 e. The Morgan fingerprint density at radius 1 is 1.11 bits per heavy atom. The van der Waals surface area contributed by atoms with Crippen molar-refractivity contribution >= 4 is 11.8 Å². The van der Waals surface area contributed by atoms with E-state index in [0.717, 1.165) is 25.7 Å². The third-order valence-electron chi connectivity index (χ3n) is 4.06. The Bertz CT molecular complexity index is 285. The van der Waals surface area contributed by atoms with Gasteiger partial charge in [0.05, 0.1) is 6.61 Å². The van der Waals surface area contributed by atoms with E-state index in [1.807, 2.05) is 6.92 Å². The van der Waals surface area contributed by atoms with Crippen molar-refractivity contribution in [2.45, 2.75) is 71.6 Å². The fourth-order valence-corrected chi connectivity index (χ4v) is 2.80. The van der Waals surface area contributed by atoms with Crippen molar-refractivity contribution in [1.29, 1.82) is 0 Å². The minimum atomic E-state index is -0.854. The monoisotopic (exact) mass is 254 g/mol. The standard InChI is InChI=1S/C15H26O3/c1-3-15(14(17)18-4-2)12-10-8-6-5-7-9-11-13(15)16/h3-12H2,1-2H3. The van der Waals surface area contributed by atoms with E-state index in [0.29, 0.717) is 25.9 Å². The summed E-state index contributed by atoms with van der Waals surface area (Å²) in [6, 6.07) is 0. The second-order valence-electron chi connectivity index (χ2n) is 5.20. The van der Waals surface area contributed by atoms with Crippen molar-refractivity contribution in [1.82, 2.24) is 0 Å². The Morgan fingerprint density at radius 3 is 2.33 bits per heavy atom. The molecule has 0 N–H and O–H groups in total. The number of carbonyl (C=O) groups is 2. The Balaban J connectivity index is 2.85. The number of rotatable bonds is 3. The van der Waals surface area contributed by atoms with Crippen molar-refractivity contribution in [2.75, 3.05) is 6.61 Å². The summed E-state index contributed by atoms with van der Waals surface area (Å²) in [7, 11) is 0. The Morgan fingerprint density at radius 2 is 1.72 bits per heavy atom. The van der Waals surface area contributed by atoms with E-state index in [4.69, 9.17) is 4.74 Å². The molecule has 1 aliphatic rings. The lowest BCUT2D eigenvalue weighted by molar-refractivity contribution is -0.161. The molecule has 0 radical (unpaired) electrons. The first-order chi connectivity index (χ1) is 8.67. The van der Waals surface area contributed by atoms with E-state index in [1.54, 1.807) is 6.92 Å². The van der Waals surface area contributed by atoms with Gasteiger partial charge in [-0.3, -0.25) is 9.59 Å². The van der Waals surface area contributed by atoms with Gasteiger partial charge in [-0.2, -0.15) is 0 Å². The molecular formula is C15H26O3. The number of ether oxygens (including phenoxy) is 1. The number of ketones is 1. The van der Waals surface area contributed by atoms with Gasteiger partial charge in [-0.1, -0.05) is 39.0 Å². The van der Waals surface area contributed by atoms with E-state index >= 15 is 0 Å². The number of esters is 1. The topological polar surface area (TPSA) is 43.4 Å². The van der Waals surface area contributed by atoms with E-state index < -0.39 is 5.41 Å². The van der Waals surface area contributed by atoms with E-state index in [2.05, 4.69) is 0 Å². The summed E-state index contributed by atoms with van der Waals surface area (Å²) in [4.78, 5) is 24.6. The molecule has 1 aliphatic carbocycles. The molecule has 104 valence electrons. The molecule has 0 saturated heterocycles. The molecule has 1 rings (SSSR count). The summed E-state index contributed by atoms with van der Waals surface area (Å²) in [5, 5.41) is 0. The molecule has 0 aromatic rings. The van der Waals surface area contributed by atoms with Crippen LogP contribution < -0.4 is 0 Å². The van der Waals surface area contributed by atoms with Crippen LogP contribution in [0.2, 0.25) is 0 Å². The second-order valence-corrected chi connectivity index (χ2v) is 5.20. The van der Waals surface area contributed by atoms with Gasteiger partial charge in [0.2, 0.25) is 0 Å². The summed E-state index contributed by atoms with van der Waals surface area (Å²) < 4.78 is 5.15. The fraction of sp³-hybridized carbons (Fsp3) is 0.867. The van der Waals surface area contributed by atoms with Crippen molar-refractivity contribution in [3.63, 3.8) is 0 Å². The normalized spacial score (nSPS) is 26.7. The number of carbonyl (C=O) groups excluding carboxylic acids is 2. The van der Waals surface area contributed by atoms with Gasteiger partial charge in [0.25, 0.3) is 0 Å². The van der Waals surface area contributed by atoms with Crippen LogP contribution in [0.3, 0.4) is 0 Å². The third kappa shape index (κ3) is 3.56. The highest BCUT2D eigenvalue weighted by atomic mass is 16.5. The second kappa shape index (κ2) is 7.55. The lowest BCUT2D eigenvalue weighted by atomic mass is 9.74. The van der Waals surface area contributed by atoms with Crippen molar-refractivity contribution < 1.29 is 14.3 Å². The van der Waals surface area contributed by atoms with Gasteiger partial charge in [-0.05, 0) is 26.2 Å².